The van der Waals surface area contributed by atoms with Crippen LogP contribution in [0.15, 0.2) is 23.1 Å². The highest BCUT2D eigenvalue weighted by Gasteiger charge is 2.17. The fraction of sp³-hybridized carbons (Fsp3) is 0.455. The smallest absolute Gasteiger partial charge is 0.209 e. The van der Waals surface area contributed by atoms with Gasteiger partial charge in [0.2, 0.25) is 10.0 Å². The van der Waals surface area contributed by atoms with Crippen LogP contribution in [0.5, 0.6) is 0 Å². The van der Waals surface area contributed by atoms with Crippen molar-refractivity contribution in [3.63, 3.8) is 0 Å². The topological polar surface area (TPSA) is 46.2 Å². The fourth-order valence-electron chi connectivity index (χ4n) is 1.39. The molecule has 0 fully saturated rings. The quantitative estimate of drug-likeness (QED) is 0.846. The van der Waals surface area contributed by atoms with E-state index in [4.69, 9.17) is 11.6 Å². The number of nitrogens with one attached hydrogen (secondary N) is 1. The minimum absolute atomic E-state index is 0.121. The van der Waals surface area contributed by atoms with Crippen molar-refractivity contribution >= 4 is 21.6 Å². The summed E-state index contributed by atoms with van der Waals surface area (Å²) in [6, 6.07) is 5.10. The monoisotopic (exact) mass is 261 g/mol. The molecule has 0 saturated carbocycles. The SMILES string of the molecule is Cc1ccc(CCl)cc1S(=O)(=O)NC(C)C. The van der Waals surface area contributed by atoms with Crippen molar-refractivity contribution in [2.24, 2.45) is 0 Å². The highest BCUT2D eigenvalue weighted by molar-refractivity contribution is 7.89. The van der Waals surface area contributed by atoms with Gasteiger partial charge < -0.3 is 0 Å². The molecular weight excluding hydrogens is 246 g/mol. The van der Waals surface area contributed by atoms with Gasteiger partial charge in [-0.15, -0.1) is 11.6 Å². The molecule has 0 aromatic heterocycles. The first-order valence-corrected chi connectivity index (χ1v) is 7.06. The van der Waals surface area contributed by atoms with Crippen molar-refractivity contribution in [1.82, 2.24) is 4.72 Å². The lowest BCUT2D eigenvalue weighted by molar-refractivity contribution is 0.569. The average Bonchev–Trinajstić information content (AvgIpc) is 2.16. The molecule has 1 rings (SSSR count). The number of halogens is 1. The lowest BCUT2D eigenvalue weighted by Gasteiger charge is -2.12. The molecule has 16 heavy (non-hydrogen) atoms. The van der Waals surface area contributed by atoms with Crippen LogP contribution in [0.2, 0.25) is 0 Å². The minimum atomic E-state index is -3.43. The maximum Gasteiger partial charge on any atom is 0.241 e. The number of alkyl halides is 1. The van der Waals surface area contributed by atoms with Crippen molar-refractivity contribution in [2.75, 3.05) is 0 Å². The van der Waals surface area contributed by atoms with Crippen LogP contribution in [-0.4, -0.2) is 14.5 Å². The Balaban J connectivity index is 3.21. The first kappa shape index (κ1) is 13.5. The number of benzene rings is 1. The summed E-state index contributed by atoms with van der Waals surface area (Å²) < 4.78 is 26.5. The fourth-order valence-corrected chi connectivity index (χ4v) is 3.10. The van der Waals surface area contributed by atoms with Crippen molar-refractivity contribution in [1.29, 1.82) is 0 Å². The second-order valence-electron chi connectivity index (χ2n) is 4.01. The Morgan fingerprint density at radius 2 is 2.00 bits per heavy atom. The summed E-state index contributed by atoms with van der Waals surface area (Å²) in [5, 5.41) is 0. The maximum atomic E-state index is 12.0. The lowest BCUT2D eigenvalue weighted by atomic mass is 10.2. The Labute approximate surface area is 102 Å². The summed E-state index contributed by atoms with van der Waals surface area (Å²) in [6.07, 6.45) is 0. The van der Waals surface area contributed by atoms with E-state index < -0.39 is 10.0 Å². The third-order valence-corrected chi connectivity index (χ3v) is 4.20. The summed E-state index contributed by atoms with van der Waals surface area (Å²) in [7, 11) is -3.43. The van der Waals surface area contributed by atoms with E-state index in [1.165, 1.54) is 0 Å². The molecule has 0 bridgehead atoms. The summed E-state index contributed by atoms with van der Waals surface area (Å²) in [4.78, 5) is 0.305. The second-order valence-corrected chi connectivity index (χ2v) is 5.96. The second kappa shape index (κ2) is 5.17. The minimum Gasteiger partial charge on any atom is -0.209 e. The van der Waals surface area contributed by atoms with Crippen LogP contribution in [-0.2, 0) is 15.9 Å². The molecule has 0 spiro atoms. The lowest BCUT2D eigenvalue weighted by Crippen LogP contribution is -2.30. The summed E-state index contributed by atoms with van der Waals surface area (Å²) in [5.74, 6) is 0.310. The Morgan fingerprint density at radius 1 is 1.38 bits per heavy atom. The Hall–Kier alpha value is -0.580. The van der Waals surface area contributed by atoms with Gasteiger partial charge in [-0.25, -0.2) is 13.1 Å². The molecule has 3 nitrogen and oxygen atoms in total. The number of hydrogen-bond donors (Lipinski definition) is 1. The third-order valence-electron chi connectivity index (χ3n) is 2.09. The molecule has 1 N–H and O–H groups in total. The Kier molecular flexibility index (Phi) is 4.35. The zero-order valence-electron chi connectivity index (χ0n) is 9.62. The van der Waals surface area contributed by atoms with Crippen LogP contribution in [0.4, 0.5) is 0 Å². The van der Waals surface area contributed by atoms with Crippen LogP contribution in [0, 0.1) is 6.92 Å². The van der Waals surface area contributed by atoms with Crippen molar-refractivity contribution < 1.29 is 8.42 Å². The van der Waals surface area contributed by atoms with Gasteiger partial charge in [-0.05, 0) is 38.0 Å². The van der Waals surface area contributed by atoms with Gasteiger partial charge in [0.05, 0.1) is 4.90 Å². The Bertz CT molecular complexity index is 469. The van der Waals surface area contributed by atoms with Crippen LogP contribution < -0.4 is 4.72 Å². The van der Waals surface area contributed by atoms with Gasteiger partial charge in [0.25, 0.3) is 0 Å². The van der Waals surface area contributed by atoms with E-state index in [2.05, 4.69) is 4.72 Å². The van der Waals surface area contributed by atoms with Gasteiger partial charge in [0.1, 0.15) is 0 Å². The molecule has 1 aromatic carbocycles. The van der Waals surface area contributed by atoms with Crippen molar-refractivity contribution in [3.8, 4) is 0 Å². The molecule has 0 radical (unpaired) electrons. The van der Waals surface area contributed by atoms with Crippen LogP contribution >= 0.6 is 11.6 Å². The van der Waals surface area contributed by atoms with Crippen LogP contribution in [0.25, 0.3) is 0 Å². The van der Waals surface area contributed by atoms with Crippen molar-refractivity contribution in [2.45, 2.75) is 37.6 Å². The van der Waals surface area contributed by atoms with Gasteiger partial charge in [-0.3, -0.25) is 0 Å². The maximum absolute atomic E-state index is 12.0. The number of sulfonamides is 1. The standard InChI is InChI=1S/C11H16ClNO2S/c1-8(2)13-16(14,15)11-6-10(7-12)5-4-9(11)3/h4-6,8,13H,7H2,1-3H3. The van der Waals surface area contributed by atoms with Crippen LogP contribution in [0.1, 0.15) is 25.0 Å². The molecule has 0 heterocycles. The molecule has 0 saturated heterocycles. The zero-order valence-corrected chi connectivity index (χ0v) is 11.2. The first-order chi connectivity index (χ1) is 7.36. The predicted molar refractivity (Wildman–Crippen MR) is 66.2 cm³/mol. The predicted octanol–water partition coefficient (Wildman–Crippen LogP) is 2.42. The molecule has 0 atom stereocenters. The average molecular weight is 262 g/mol. The molecular formula is C11H16ClNO2S. The normalized spacial score (nSPS) is 12.1. The van der Waals surface area contributed by atoms with E-state index in [9.17, 15) is 8.42 Å². The van der Waals surface area contributed by atoms with E-state index >= 15 is 0 Å². The van der Waals surface area contributed by atoms with Gasteiger partial charge in [0, 0.05) is 11.9 Å². The molecule has 0 aliphatic rings. The molecule has 0 aliphatic heterocycles. The summed E-state index contributed by atoms with van der Waals surface area (Å²) in [5.41, 5.74) is 1.53. The van der Waals surface area contributed by atoms with Gasteiger partial charge in [-0.1, -0.05) is 12.1 Å². The number of aryl methyl sites for hydroxylation is 1. The Morgan fingerprint density at radius 3 is 2.50 bits per heavy atom. The zero-order chi connectivity index (χ0) is 12.3. The highest BCUT2D eigenvalue weighted by atomic mass is 35.5. The van der Waals surface area contributed by atoms with E-state index in [-0.39, 0.29) is 6.04 Å². The number of rotatable bonds is 4. The summed E-state index contributed by atoms with van der Waals surface area (Å²) in [6.45, 7) is 5.35. The largest absolute Gasteiger partial charge is 0.241 e. The van der Waals surface area contributed by atoms with Crippen molar-refractivity contribution in [3.05, 3.63) is 29.3 Å². The molecule has 90 valence electrons. The van der Waals surface area contributed by atoms with E-state index in [0.29, 0.717) is 10.8 Å². The van der Waals surface area contributed by atoms with E-state index in [0.717, 1.165) is 11.1 Å². The molecule has 0 aliphatic carbocycles. The van der Waals surface area contributed by atoms with Gasteiger partial charge >= 0.3 is 0 Å². The molecule has 0 amide bonds. The third kappa shape index (κ3) is 3.20. The molecule has 0 unspecified atom stereocenters. The molecule has 1 aromatic rings. The van der Waals surface area contributed by atoms with E-state index in [1.54, 1.807) is 32.9 Å². The molecule has 5 heteroatoms. The first-order valence-electron chi connectivity index (χ1n) is 5.04. The number of hydrogen-bond acceptors (Lipinski definition) is 2. The van der Waals surface area contributed by atoms with Gasteiger partial charge in [0.15, 0.2) is 0 Å². The van der Waals surface area contributed by atoms with Gasteiger partial charge in [-0.2, -0.15) is 0 Å². The van der Waals surface area contributed by atoms with Crippen LogP contribution in [0.3, 0.4) is 0 Å². The summed E-state index contributed by atoms with van der Waals surface area (Å²) >= 11 is 5.69. The van der Waals surface area contributed by atoms with E-state index in [1.807, 2.05) is 6.07 Å². The highest BCUT2D eigenvalue weighted by Crippen LogP contribution is 2.18.